The lowest BCUT2D eigenvalue weighted by Gasteiger charge is -2.27. The summed E-state index contributed by atoms with van der Waals surface area (Å²) in [4.78, 5) is 37.4. The van der Waals surface area contributed by atoms with Gasteiger partial charge >= 0.3 is 13.8 Å². The standard InChI is InChI=1S/C57H105N2O7P/c1-7-10-13-16-19-22-25-27-28-29-30-32-34-37-40-43-46-49-56(60)58-54(53-65-67(62,63)64-52-51-59(4,5)6)55(48-45-42-39-36-33-24-21-18-15-12-9-3)66-57(61)50-47-44-41-38-35-31-26-23-20-17-14-11-8-2/h19,22,27-28,31,35,41,44-45,48,54-55H,7-18,20-21,23-26,29-30,32-34,36-40,42-43,46-47,49-53H2,1-6H3,(H-,58,60,62,63)/p+1/b22-19-,28-27-,35-31-,44-41+,48-45-. The van der Waals surface area contributed by atoms with Crippen molar-refractivity contribution < 1.29 is 37.3 Å². The van der Waals surface area contributed by atoms with Crippen LogP contribution in [0.4, 0.5) is 0 Å². The lowest BCUT2D eigenvalue weighted by molar-refractivity contribution is -0.870. The summed E-state index contributed by atoms with van der Waals surface area (Å²) in [6, 6.07) is -0.874. The van der Waals surface area contributed by atoms with E-state index in [1.54, 1.807) is 0 Å². The Labute approximate surface area is 413 Å². The van der Waals surface area contributed by atoms with Gasteiger partial charge in [-0.1, -0.05) is 204 Å². The average molecular weight is 962 g/mol. The van der Waals surface area contributed by atoms with Crippen molar-refractivity contribution in [2.75, 3.05) is 40.9 Å². The normalized spacial score (nSPS) is 14.3. The second-order valence-corrected chi connectivity index (χ2v) is 21.2. The number of allylic oxidation sites excluding steroid dienone is 9. The third-order valence-electron chi connectivity index (χ3n) is 11.9. The van der Waals surface area contributed by atoms with Gasteiger partial charge in [0.15, 0.2) is 0 Å². The number of phosphoric ester groups is 1. The van der Waals surface area contributed by atoms with Gasteiger partial charge in [0.2, 0.25) is 5.91 Å². The predicted octanol–water partition coefficient (Wildman–Crippen LogP) is 16.3. The molecule has 0 fully saturated rings. The lowest BCUT2D eigenvalue weighted by atomic mass is 10.1. The fourth-order valence-corrected chi connectivity index (χ4v) is 8.35. The number of amides is 1. The van der Waals surface area contributed by atoms with Crippen LogP contribution >= 0.6 is 7.82 Å². The van der Waals surface area contributed by atoms with Gasteiger partial charge in [-0.05, 0) is 83.1 Å². The van der Waals surface area contributed by atoms with Crippen LogP contribution in [-0.2, 0) is 27.9 Å². The van der Waals surface area contributed by atoms with Crippen LogP contribution in [0.3, 0.4) is 0 Å². The van der Waals surface area contributed by atoms with Crippen molar-refractivity contribution in [1.82, 2.24) is 5.32 Å². The van der Waals surface area contributed by atoms with Gasteiger partial charge in [0.05, 0.1) is 33.8 Å². The van der Waals surface area contributed by atoms with E-state index in [1.807, 2.05) is 39.4 Å². The van der Waals surface area contributed by atoms with Crippen LogP contribution in [0.15, 0.2) is 60.8 Å². The van der Waals surface area contributed by atoms with Crippen molar-refractivity contribution in [1.29, 1.82) is 0 Å². The number of unbranched alkanes of at least 4 members (excludes halogenated alkanes) is 25. The van der Waals surface area contributed by atoms with Gasteiger partial charge in [0.25, 0.3) is 0 Å². The molecule has 0 saturated carbocycles. The van der Waals surface area contributed by atoms with E-state index in [2.05, 4.69) is 68.6 Å². The summed E-state index contributed by atoms with van der Waals surface area (Å²) in [5, 5.41) is 3.02. The number of hydrogen-bond acceptors (Lipinski definition) is 6. The summed E-state index contributed by atoms with van der Waals surface area (Å²) in [7, 11) is 1.46. The van der Waals surface area contributed by atoms with E-state index in [4.69, 9.17) is 13.8 Å². The number of rotatable bonds is 49. The van der Waals surface area contributed by atoms with Gasteiger partial charge in [-0.3, -0.25) is 18.6 Å². The monoisotopic (exact) mass is 962 g/mol. The van der Waals surface area contributed by atoms with Crippen LogP contribution in [0, 0.1) is 0 Å². The molecule has 2 N–H and O–H groups in total. The van der Waals surface area contributed by atoms with Crippen molar-refractivity contribution in [3.05, 3.63) is 60.8 Å². The number of carbonyl (C=O) groups is 2. The fraction of sp³-hybridized carbons (Fsp3) is 0.789. The number of likely N-dealkylation sites (N-methyl/N-ethyl adjacent to an activating group) is 1. The molecule has 1 amide bonds. The molecule has 0 saturated heterocycles. The van der Waals surface area contributed by atoms with Crippen molar-refractivity contribution in [3.8, 4) is 0 Å². The number of phosphoric acid groups is 1. The Morgan fingerprint density at radius 1 is 0.522 bits per heavy atom. The van der Waals surface area contributed by atoms with Crippen molar-refractivity contribution in [2.24, 2.45) is 0 Å². The first-order valence-electron chi connectivity index (χ1n) is 27.6. The topological polar surface area (TPSA) is 111 Å². The van der Waals surface area contributed by atoms with Crippen LogP contribution < -0.4 is 5.32 Å². The fourth-order valence-electron chi connectivity index (χ4n) is 7.61. The Kier molecular flexibility index (Phi) is 45.8. The Balaban J connectivity index is 5.42. The zero-order chi connectivity index (χ0) is 49.4. The van der Waals surface area contributed by atoms with Crippen LogP contribution in [-0.4, -0.2) is 74.3 Å². The predicted molar refractivity (Wildman–Crippen MR) is 286 cm³/mol. The molecule has 0 spiro atoms. The largest absolute Gasteiger partial charge is 0.472 e. The molecule has 390 valence electrons. The minimum absolute atomic E-state index is 0.0297. The minimum atomic E-state index is -4.45. The van der Waals surface area contributed by atoms with Crippen LogP contribution in [0.25, 0.3) is 0 Å². The summed E-state index contributed by atoms with van der Waals surface area (Å²) in [6.07, 6.45) is 58.0. The van der Waals surface area contributed by atoms with Crippen molar-refractivity contribution in [2.45, 2.75) is 251 Å². The number of hydrogen-bond donors (Lipinski definition) is 2. The van der Waals surface area contributed by atoms with E-state index in [0.717, 1.165) is 70.6 Å². The second-order valence-electron chi connectivity index (χ2n) is 19.7. The van der Waals surface area contributed by atoms with E-state index >= 15 is 0 Å². The molecule has 0 aliphatic rings. The Bertz CT molecular complexity index is 1340. The van der Waals surface area contributed by atoms with E-state index < -0.39 is 25.9 Å². The van der Waals surface area contributed by atoms with Gasteiger partial charge in [0.1, 0.15) is 19.3 Å². The van der Waals surface area contributed by atoms with Crippen LogP contribution in [0.5, 0.6) is 0 Å². The third-order valence-corrected chi connectivity index (χ3v) is 12.9. The van der Waals surface area contributed by atoms with Gasteiger partial charge < -0.3 is 19.4 Å². The van der Waals surface area contributed by atoms with E-state index in [1.165, 1.54) is 128 Å². The molecule has 0 aliphatic heterocycles. The highest BCUT2D eigenvalue weighted by Crippen LogP contribution is 2.43. The summed E-state index contributed by atoms with van der Waals surface area (Å²) in [6.45, 7) is 6.92. The molecule has 0 rings (SSSR count). The number of carbonyl (C=O) groups excluding carboxylic acids is 2. The number of ether oxygens (including phenoxy) is 1. The second kappa shape index (κ2) is 47.4. The quantitative estimate of drug-likeness (QED) is 0.0205. The molecular formula is C57H106N2O7P+. The summed E-state index contributed by atoms with van der Waals surface area (Å²) in [5.74, 6) is -0.594. The molecule has 0 aliphatic carbocycles. The zero-order valence-electron chi connectivity index (χ0n) is 44.4. The van der Waals surface area contributed by atoms with Crippen molar-refractivity contribution in [3.63, 3.8) is 0 Å². The highest BCUT2D eigenvalue weighted by molar-refractivity contribution is 7.47. The number of nitrogens with one attached hydrogen (secondary N) is 1. The van der Waals surface area contributed by atoms with E-state index in [9.17, 15) is 19.0 Å². The Morgan fingerprint density at radius 2 is 0.925 bits per heavy atom. The first-order valence-corrected chi connectivity index (χ1v) is 29.1. The van der Waals surface area contributed by atoms with Gasteiger partial charge in [-0.2, -0.15) is 0 Å². The molecule has 0 radical (unpaired) electrons. The maximum atomic E-state index is 13.5. The Hall–Kier alpha value is -2.29. The molecule has 3 unspecified atom stereocenters. The van der Waals surface area contributed by atoms with Gasteiger partial charge in [-0.15, -0.1) is 0 Å². The van der Waals surface area contributed by atoms with Crippen LogP contribution in [0.1, 0.15) is 239 Å². The molecule has 9 nitrogen and oxygen atoms in total. The molecule has 0 heterocycles. The maximum Gasteiger partial charge on any atom is 0.472 e. The highest BCUT2D eigenvalue weighted by Gasteiger charge is 2.30. The number of esters is 1. The third kappa shape index (κ3) is 48.5. The molecule has 0 aromatic rings. The first-order chi connectivity index (χ1) is 32.4. The van der Waals surface area contributed by atoms with E-state index in [-0.39, 0.29) is 25.5 Å². The smallest absolute Gasteiger partial charge is 0.456 e. The highest BCUT2D eigenvalue weighted by atomic mass is 31.2. The first kappa shape index (κ1) is 64.7. The summed E-state index contributed by atoms with van der Waals surface area (Å²) in [5.41, 5.74) is 0. The maximum absolute atomic E-state index is 13.5. The molecule has 0 bridgehead atoms. The number of quaternary nitrogens is 1. The van der Waals surface area contributed by atoms with E-state index in [0.29, 0.717) is 23.9 Å². The molecule has 0 aromatic heterocycles. The molecule has 0 aromatic carbocycles. The molecule has 67 heavy (non-hydrogen) atoms. The van der Waals surface area contributed by atoms with Gasteiger partial charge in [0, 0.05) is 12.8 Å². The van der Waals surface area contributed by atoms with Gasteiger partial charge in [-0.25, -0.2) is 4.57 Å². The SMILES string of the molecule is CCCCC/C=C\C/C=C\CCCCCCCCCC(=O)NC(COP(=O)(O)OCC[N+](C)(C)C)C(/C=C\CCCCCCCCCCC)OC(=O)CC/C=C/C/C=C\CCCCCCCC. The van der Waals surface area contributed by atoms with Crippen LogP contribution in [0.2, 0.25) is 0 Å². The summed E-state index contributed by atoms with van der Waals surface area (Å²) >= 11 is 0. The molecule has 10 heteroatoms. The lowest BCUT2D eigenvalue weighted by Crippen LogP contribution is -2.47. The molecular weight excluding hydrogens is 856 g/mol. The summed E-state index contributed by atoms with van der Waals surface area (Å²) < 4.78 is 30.5. The molecule has 3 atom stereocenters. The number of nitrogens with zero attached hydrogens (tertiary/aromatic N) is 1. The Morgan fingerprint density at radius 3 is 1.40 bits per heavy atom. The minimum Gasteiger partial charge on any atom is -0.456 e. The zero-order valence-corrected chi connectivity index (χ0v) is 45.3. The van der Waals surface area contributed by atoms with Crippen molar-refractivity contribution >= 4 is 19.7 Å². The average Bonchev–Trinajstić information content (AvgIpc) is 3.28.